The third-order valence-corrected chi connectivity index (χ3v) is 4.87. The molecular formula is C20H25N3O. The van der Waals surface area contributed by atoms with E-state index < -0.39 is 0 Å². The summed E-state index contributed by atoms with van der Waals surface area (Å²) in [5.74, 6) is 1.97. The number of hydrogen-bond acceptors (Lipinski definition) is 4. The van der Waals surface area contributed by atoms with E-state index >= 15 is 0 Å². The van der Waals surface area contributed by atoms with Crippen molar-refractivity contribution in [3.05, 3.63) is 47.4 Å². The summed E-state index contributed by atoms with van der Waals surface area (Å²) in [5.41, 5.74) is 3.60. The van der Waals surface area contributed by atoms with Crippen LogP contribution < -0.4 is 0 Å². The van der Waals surface area contributed by atoms with Gasteiger partial charge in [-0.25, -0.2) is 9.97 Å². The van der Waals surface area contributed by atoms with E-state index in [0.29, 0.717) is 11.8 Å². The lowest BCUT2D eigenvalue weighted by molar-refractivity contribution is 0.111. The van der Waals surface area contributed by atoms with Gasteiger partial charge in [0.25, 0.3) is 0 Å². The maximum Gasteiger partial charge on any atom is 0.129 e. The van der Waals surface area contributed by atoms with Gasteiger partial charge in [-0.1, -0.05) is 37.3 Å². The van der Waals surface area contributed by atoms with Crippen LogP contribution in [0, 0.1) is 24.2 Å². The Balaban J connectivity index is 1.94. The lowest BCUT2D eigenvalue weighted by Crippen LogP contribution is -2.19. The number of ether oxygens (including phenoxy) is 1. The van der Waals surface area contributed by atoms with Crippen molar-refractivity contribution in [1.29, 1.82) is 5.41 Å². The Morgan fingerprint density at radius 1 is 1.25 bits per heavy atom. The first kappa shape index (κ1) is 16.8. The SMILES string of the molecule is Cc1nc(CC2CCCOC[C@@H]2C)nc(-c2ccccc2)c1C=N. The molecule has 0 bridgehead atoms. The Hall–Kier alpha value is -2.07. The van der Waals surface area contributed by atoms with Crippen LogP contribution in [0.2, 0.25) is 0 Å². The van der Waals surface area contributed by atoms with Gasteiger partial charge < -0.3 is 10.1 Å². The molecule has 4 nitrogen and oxygen atoms in total. The zero-order valence-electron chi connectivity index (χ0n) is 14.5. The molecule has 3 rings (SSSR count). The zero-order chi connectivity index (χ0) is 16.9. The normalized spacial score (nSPS) is 21.2. The summed E-state index contributed by atoms with van der Waals surface area (Å²) < 4.78 is 5.66. The average Bonchev–Trinajstić information content (AvgIpc) is 2.80. The second kappa shape index (κ2) is 7.67. The van der Waals surface area contributed by atoms with Crippen LogP contribution in [0.1, 0.15) is 36.8 Å². The van der Waals surface area contributed by atoms with E-state index in [4.69, 9.17) is 15.1 Å². The van der Waals surface area contributed by atoms with Crippen molar-refractivity contribution < 1.29 is 4.74 Å². The van der Waals surface area contributed by atoms with Gasteiger partial charge in [0, 0.05) is 37.0 Å². The molecule has 1 saturated heterocycles. The van der Waals surface area contributed by atoms with Crippen LogP contribution in [0.3, 0.4) is 0 Å². The fourth-order valence-corrected chi connectivity index (χ4v) is 3.39. The van der Waals surface area contributed by atoms with E-state index in [0.717, 1.165) is 60.8 Å². The van der Waals surface area contributed by atoms with E-state index in [1.165, 1.54) is 6.21 Å². The Kier molecular flexibility index (Phi) is 5.36. The predicted octanol–water partition coefficient (Wildman–Crippen LogP) is 4.05. The highest BCUT2D eigenvalue weighted by Crippen LogP contribution is 2.27. The second-order valence-corrected chi connectivity index (χ2v) is 6.66. The quantitative estimate of drug-likeness (QED) is 0.863. The highest BCUT2D eigenvalue weighted by molar-refractivity contribution is 5.88. The topological polar surface area (TPSA) is 58.9 Å². The number of nitrogens with zero attached hydrogens (tertiary/aromatic N) is 2. The molecule has 0 aliphatic carbocycles. The van der Waals surface area contributed by atoms with Crippen molar-refractivity contribution in [3.63, 3.8) is 0 Å². The van der Waals surface area contributed by atoms with Gasteiger partial charge in [0.1, 0.15) is 5.82 Å². The van der Waals surface area contributed by atoms with Crippen LogP contribution in [0.5, 0.6) is 0 Å². The van der Waals surface area contributed by atoms with Crippen LogP contribution in [0.15, 0.2) is 30.3 Å². The van der Waals surface area contributed by atoms with Crippen LogP contribution in [0.25, 0.3) is 11.3 Å². The van der Waals surface area contributed by atoms with Gasteiger partial charge >= 0.3 is 0 Å². The summed E-state index contributed by atoms with van der Waals surface area (Å²) in [5, 5.41) is 7.74. The van der Waals surface area contributed by atoms with Crippen molar-refractivity contribution in [2.75, 3.05) is 13.2 Å². The van der Waals surface area contributed by atoms with E-state index in [1.54, 1.807) is 0 Å². The van der Waals surface area contributed by atoms with Gasteiger partial charge in [-0.15, -0.1) is 0 Å². The molecule has 1 aromatic carbocycles. The van der Waals surface area contributed by atoms with Gasteiger partial charge in [0.2, 0.25) is 0 Å². The maximum atomic E-state index is 7.74. The summed E-state index contributed by atoms with van der Waals surface area (Å²) in [6.07, 6.45) is 4.52. The molecule has 4 heteroatoms. The van der Waals surface area contributed by atoms with Gasteiger partial charge in [0.15, 0.2) is 0 Å². The lowest BCUT2D eigenvalue weighted by atomic mass is 9.88. The summed E-state index contributed by atoms with van der Waals surface area (Å²) in [7, 11) is 0. The largest absolute Gasteiger partial charge is 0.381 e. The summed E-state index contributed by atoms with van der Waals surface area (Å²) >= 11 is 0. The molecule has 2 aromatic rings. The van der Waals surface area contributed by atoms with Crippen molar-refractivity contribution in [3.8, 4) is 11.3 Å². The third-order valence-electron chi connectivity index (χ3n) is 4.87. The van der Waals surface area contributed by atoms with E-state index in [2.05, 4.69) is 11.9 Å². The highest BCUT2D eigenvalue weighted by Gasteiger charge is 2.23. The molecule has 2 atom stereocenters. The third kappa shape index (κ3) is 3.70. The molecule has 1 unspecified atom stereocenters. The van der Waals surface area contributed by atoms with Crippen LogP contribution in [-0.2, 0) is 11.2 Å². The summed E-state index contributed by atoms with van der Waals surface area (Å²) in [4.78, 5) is 9.52. The molecular weight excluding hydrogens is 298 g/mol. The number of aromatic nitrogens is 2. The van der Waals surface area contributed by atoms with Crippen molar-refractivity contribution >= 4 is 6.21 Å². The smallest absolute Gasteiger partial charge is 0.129 e. The summed E-state index contributed by atoms with van der Waals surface area (Å²) in [6.45, 7) is 5.92. The monoisotopic (exact) mass is 323 g/mol. The molecule has 1 aliphatic rings. The van der Waals surface area contributed by atoms with E-state index in [1.807, 2.05) is 37.3 Å². The lowest BCUT2D eigenvalue weighted by Gasteiger charge is -2.20. The van der Waals surface area contributed by atoms with Gasteiger partial charge in [-0.3, -0.25) is 0 Å². The molecule has 1 fully saturated rings. The second-order valence-electron chi connectivity index (χ2n) is 6.66. The van der Waals surface area contributed by atoms with Crippen LogP contribution >= 0.6 is 0 Å². The van der Waals surface area contributed by atoms with Crippen molar-refractivity contribution in [2.45, 2.75) is 33.1 Å². The predicted molar refractivity (Wildman–Crippen MR) is 96.5 cm³/mol. The van der Waals surface area contributed by atoms with Crippen LogP contribution in [0.4, 0.5) is 0 Å². The highest BCUT2D eigenvalue weighted by atomic mass is 16.5. The molecule has 24 heavy (non-hydrogen) atoms. The number of nitrogens with one attached hydrogen (secondary N) is 1. The molecule has 1 aromatic heterocycles. The Morgan fingerprint density at radius 3 is 2.79 bits per heavy atom. The molecule has 0 saturated carbocycles. The van der Waals surface area contributed by atoms with E-state index in [-0.39, 0.29) is 0 Å². The Bertz CT molecular complexity index is 700. The Morgan fingerprint density at radius 2 is 2.04 bits per heavy atom. The average molecular weight is 323 g/mol. The maximum absolute atomic E-state index is 7.74. The molecule has 2 heterocycles. The summed E-state index contributed by atoms with van der Waals surface area (Å²) in [6, 6.07) is 10.1. The number of aryl methyl sites for hydroxylation is 1. The molecule has 1 aliphatic heterocycles. The zero-order valence-corrected chi connectivity index (χ0v) is 14.5. The minimum Gasteiger partial charge on any atom is -0.381 e. The molecule has 0 radical (unpaired) electrons. The van der Waals surface area contributed by atoms with Crippen LogP contribution in [-0.4, -0.2) is 29.4 Å². The molecule has 0 amide bonds. The van der Waals surface area contributed by atoms with E-state index in [9.17, 15) is 0 Å². The fourth-order valence-electron chi connectivity index (χ4n) is 3.39. The first-order valence-corrected chi connectivity index (χ1v) is 8.70. The van der Waals surface area contributed by atoms with Crippen molar-refractivity contribution in [2.24, 2.45) is 11.8 Å². The van der Waals surface area contributed by atoms with Crippen molar-refractivity contribution in [1.82, 2.24) is 9.97 Å². The number of benzene rings is 1. The Labute approximate surface area is 143 Å². The molecule has 126 valence electrons. The minimum atomic E-state index is 0.527. The number of hydrogen-bond donors (Lipinski definition) is 1. The molecule has 0 spiro atoms. The van der Waals surface area contributed by atoms with Gasteiger partial charge in [-0.2, -0.15) is 0 Å². The first-order valence-electron chi connectivity index (χ1n) is 8.70. The van der Waals surface area contributed by atoms with Gasteiger partial charge in [0.05, 0.1) is 11.4 Å². The first-order chi connectivity index (χ1) is 11.7. The standard InChI is InChI=1S/C20H25N3O/c1-14-13-24-10-6-9-17(14)11-19-22-15(2)18(12-21)20(23-19)16-7-4-3-5-8-16/h3-5,7-8,12,14,17,21H,6,9-11,13H2,1-2H3/t14-,17?/m0/s1. The minimum absolute atomic E-state index is 0.527. The fraction of sp³-hybridized carbons (Fsp3) is 0.450. The number of rotatable bonds is 4. The van der Waals surface area contributed by atoms with Gasteiger partial charge in [-0.05, 0) is 31.6 Å². The molecule has 1 N–H and O–H groups in total.